The molecule has 0 amide bonds. The predicted octanol–water partition coefficient (Wildman–Crippen LogP) is 1.32. The Labute approximate surface area is 99.9 Å². The van der Waals surface area contributed by atoms with Crippen LogP contribution in [0, 0.1) is 10.1 Å². The van der Waals surface area contributed by atoms with Gasteiger partial charge in [-0.25, -0.2) is 0 Å². The minimum atomic E-state index is -1.32. The van der Waals surface area contributed by atoms with Crippen molar-refractivity contribution in [1.82, 2.24) is 0 Å². The number of benzene rings is 1. The molecule has 0 aliphatic rings. The molecular formula is C10H11NO5S. The summed E-state index contributed by atoms with van der Waals surface area (Å²) in [6, 6.07) is 5.84. The lowest BCUT2D eigenvalue weighted by Crippen LogP contribution is -2.06. The van der Waals surface area contributed by atoms with E-state index in [0.29, 0.717) is 5.56 Å². The number of hydrogen-bond donors (Lipinski definition) is 1. The summed E-state index contributed by atoms with van der Waals surface area (Å²) in [6.07, 6.45) is -0.165. The van der Waals surface area contributed by atoms with Crippen molar-refractivity contribution in [3.05, 3.63) is 39.9 Å². The Hall–Kier alpha value is -1.76. The Morgan fingerprint density at radius 3 is 2.76 bits per heavy atom. The van der Waals surface area contributed by atoms with Gasteiger partial charge in [-0.05, 0) is 5.56 Å². The molecule has 1 unspecified atom stereocenters. The molecular weight excluding hydrogens is 246 g/mol. The van der Waals surface area contributed by atoms with E-state index < -0.39 is 21.7 Å². The van der Waals surface area contributed by atoms with E-state index in [2.05, 4.69) is 0 Å². The fourth-order valence-electron chi connectivity index (χ4n) is 1.22. The van der Waals surface area contributed by atoms with Crippen LogP contribution in [0.5, 0.6) is 0 Å². The second-order valence-electron chi connectivity index (χ2n) is 3.36. The van der Waals surface area contributed by atoms with E-state index in [1.807, 2.05) is 0 Å². The minimum Gasteiger partial charge on any atom is -0.481 e. The summed E-state index contributed by atoms with van der Waals surface area (Å²) in [5.74, 6) is -0.815. The van der Waals surface area contributed by atoms with Crippen LogP contribution in [0.2, 0.25) is 0 Å². The quantitative estimate of drug-likeness (QED) is 0.612. The maximum absolute atomic E-state index is 11.5. The second kappa shape index (κ2) is 6.09. The third kappa shape index (κ3) is 4.73. The molecule has 1 N–H and O–H groups in total. The normalized spacial score (nSPS) is 12.0. The molecule has 0 spiro atoms. The Morgan fingerprint density at radius 1 is 1.47 bits per heavy atom. The molecule has 92 valence electrons. The van der Waals surface area contributed by atoms with Crippen LogP contribution < -0.4 is 0 Å². The average molecular weight is 257 g/mol. The maximum atomic E-state index is 11.5. The molecule has 0 saturated carbocycles. The van der Waals surface area contributed by atoms with Gasteiger partial charge in [0.1, 0.15) is 0 Å². The molecule has 0 heterocycles. The van der Waals surface area contributed by atoms with E-state index in [-0.39, 0.29) is 23.6 Å². The van der Waals surface area contributed by atoms with Gasteiger partial charge < -0.3 is 5.11 Å². The van der Waals surface area contributed by atoms with E-state index in [9.17, 15) is 19.1 Å². The molecule has 1 rings (SSSR count). The molecule has 17 heavy (non-hydrogen) atoms. The first-order valence-electron chi connectivity index (χ1n) is 4.79. The van der Waals surface area contributed by atoms with Crippen molar-refractivity contribution in [3.8, 4) is 0 Å². The first-order chi connectivity index (χ1) is 7.99. The van der Waals surface area contributed by atoms with Gasteiger partial charge in [0.25, 0.3) is 5.69 Å². The van der Waals surface area contributed by atoms with Crippen LogP contribution in [0.4, 0.5) is 5.69 Å². The first kappa shape index (κ1) is 13.3. The van der Waals surface area contributed by atoms with Gasteiger partial charge in [0.15, 0.2) is 0 Å². The van der Waals surface area contributed by atoms with Crippen molar-refractivity contribution < 1.29 is 19.0 Å². The predicted molar refractivity (Wildman–Crippen MR) is 62.1 cm³/mol. The summed E-state index contributed by atoms with van der Waals surface area (Å²) < 4.78 is 11.5. The van der Waals surface area contributed by atoms with E-state index >= 15 is 0 Å². The SMILES string of the molecule is O=C(O)CCS(=O)Cc1cccc([N+](=O)[O-])c1. The molecule has 0 aliphatic carbocycles. The van der Waals surface area contributed by atoms with Crippen LogP contribution in [0.15, 0.2) is 24.3 Å². The van der Waals surface area contributed by atoms with Crippen LogP contribution in [-0.2, 0) is 21.3 Å². The van der Waals surface area contributed by atoms with E-state index in [4.69, 9.17) is 5.11 Å². The van der Waals surface area contributed by atoms with Gasteiger partial charge in [0.05, 0.1) is 11.3 Å². The van der Waals surface area contributed by atoms with Crippen LogP contribution >= 0.6 is 0 Å². The topological polar surface area (TPSA) is 97.5 Å². The fraction of sp³-hybridized carbons (Fsp3) is 0.300. The molecule has 1 aromatic carbocycles. The zero-order chi connectivity index (χ0) is 12.8. The van der Waals surface area contributed by atoms with Gasteiger partial charge in [-0.1, -0.05) is 12.1 Å². The molecule has 1 atom stereocenters. The van der Waals surface area contributed by atoms with Crippen molar-refractivity contribution in [2.24, 2.45) is 0 Å². The zero-order valence-electron chi connectivity index (χ0n) is 8.87. The summed E-state index contributed by atoms with van der Waals surface area (Å²) in [5.41, 5.74) is 0.514. The van der Waals surface area contributed by atoms with Crippen LogP contribution in [0.25, 0.3) is 0 Å². The van der Waals surface area contributed by atoms with Crippen molar-refractivity contribution in [1.29, 1.82) is 0 Å². The maximum Gasteiger partial charge on any atom is 0.304 e. The molecule has 0 bridgehead atoms. The van der Waals surface area contributed by atoms with Gasteiger partial charge in [-0.3, -0.25) is 19.1 Å². The molecule has 0 fully saturated rings. The first-order valence-corrected chi connectivity index (χ1v) is 6.28. The number of aliphatic carboxylic acids is 1. The largest absolute Gasteiger partial charge is 0.481 e. The average Bonchev–Trinajstić information content (AvgIpc) is 2.26. The molecule has 1 aromatic rings. The smallest absolute Gasteiger partial charge is 0.304 e. The van der Waals surface area contributed by atoms with Crippen molar-refractivity contribution in [2.75, 3.05) is 5.75 Å². The molecule has 0 aliphatic heterocycles. The summed E-state index contributed by atoms with van der Waals surface area (Å²) >= 11 is 0. The number of nitrogens with zero attached hydrogens (tertiary/aromatic N) is 1. The Bertz CT molecular complexity index is 460. The number of nitro groups is 1. The van der Waals surface area contributed by atoms with E-state index in [1.165, 1.54) is 18.2 Å². The number of non-ortho nitro benzene ring substituents is 1. The fourth-order valence-corrected chi connectivity index (χ4v) is 2.32. The second-order valence-corrected chi connectivity index (χ2v) is 4.94. The Morgan fingerprint density at radius 2 is 2.18 bits per heavy atom. The van der Waals surface area contributed by atoms with Gasteiger partial charge in [-0.15, -0.1) is 0 Å². The molecule has 6 nitrogen and oxygen atoms in total. The summed E-state index contributed by atoms with van der Waals surface area (Å²) in [5, 5.41) is 18.9. The minimum absolute atomic E-state index is 0.0536. The highest BCUT2D eigenvalue weighted by Crippen LogP contribution is 2.14. The lowest BCUT2D eigenvalue weighted by Gasteiger charge is -2.01. The lowest BCUT2D eigenvalue weighted by molar-refractivity contribution is -0.384. The number of nitro benzene ring substituents is 1. The van der Waals surface area contributed by atoms with Crippen molar-refractivity contribution in [2.45, 2.75) is 12.2 Å². The third-order valence-corrected chi connectivity index (χ3v) is 3.31. The third-order valence-electron chi connectivity index (χ3n) is 1.99. The zero-order valence-corrected chi connectivity index (χ0v) is 9.68. The molecule has 0 aromatic heterocycles. The van der Waals surface area contributed by atoms with Crippen molar-refractivity contribution >= 4 is 22.5 Å². The lowest BCUT2D eigenvalue weighted by atomic mass is 10.2. The van der Waals surface area contributed by atoms with E-state index in [1.54, 1.807) is 6.07 Å². The van der Waals surface area contributed by atoms with Crippen LogP contribution in [-0.4, -0.2) is 26.0 Å². The number of carboxylic acid groups (broad SMARTS) is 1. The van der Waals surface area contributed by atoms with Crippen LogP contribution in [0.1, 0.15) is 12.0 Å². The highest BCUT2D eigenvalue weighted by atomic mass is 32.2. The number of carbonyl (C=O) groups is 1. The van der Waals surface area contributed by atoms with Gasteiger partial charge in [0.2, 0.25) is 0 Å². The number of carboxylic acids is 1. The summed E-state index contributed by atoms with van der Waals surface area (Å²) in [4.78, 5) is 20.3. The van der Waals surface area contributed by atoms with Crippen molar-refractivity contribution in [3.63, 3.8) is 0 Å². The highest BCUT2D eigenvalue weighted by Gasteiger charge is 2.09. The Kier molecular flexibility index (Phi) is 4.77. The number of rotatable bonds is 6. The molecule has 7 heteroatoms. The van der Waals surface area contributed by atoms with Gasteiger partial charge in [-0.2, -0.15) is 0 Å². The monoisotopic (exact) mass is 257 g/mol. The number of hydrogen-bond acceptors (Lipinski definition) is 4. The van der Waals surface area contributed by atoms with Gasteiger partial charge in [0, 0.05) is 34.4 Å². The molecule has 0 saturated heterocycles. The van der Waals surface area contributed by atoms with Gasteiger partial charge >= 0.3 is 5.97 Å². The Balaban J connectivity index is 2.62. The van der Waals surface area contributed by atoms with Crippen LogP contribution in [0.3, 0.4) is 0 Å². The highest BCUT2D eigenvalue weighted by molar-refractivity contribution is 7.84. The summed E-state index contributed by atoms with van der Waals surface area (Å²) in [7, 11) is -1.32. The molecule has 0 radical (unpaired) electrons. The summed E-state index contributed by atoms with van der Waals surface area (Å²) in [6.45, 7) is 0. The standard InChI is InChI=1S/C10H11NO5S/c12-10(13)4-5-17(16)7-8-2-1-3-9(6-8)11(14)15/h1-3,6H,4-5,7H2,(H,12,13). The van der Waals surface area contributed by atoms with E-state index in [0.717, 1.165) is 0 Å².